The molecular formula is C45H63N9O9. The average molecular weight is 875 g/mol. The fourth-order valence-corrected chi connectivity index (χ4v) is 7.40. The number of nitrogens with one attached hydrogen (secondary N) is 7. The van der Waals surface area contributed by atoms with Crippen molar-refractivity contribution in [3.05, 3.63) is 64.7 Å². The van der Waals surface area contributed by atoms with E-state index in [0.717, 1.165) is 0 Å². The summed E-state index contributed by atoms with van der Waals surface area (Å²) in [6, 6.07) is 5.65. The summed E-state index contributed by atoms with van der Waals surface area (Å²) in [4.78, 5) is 120. The first-order valence-electron chi connectivity index (χ1n) is 22.1. The van der Waals surface area contributed by atoms with Crippen molar-refractivity contribution in [3.8, 4) is 0 Å². The molecule has 63 heavy (non-hydrogen) atoms. The first-order valence-corrected chi connectivity index (χ1v) is 21.6. The number of carbonyl (C=O) groups is 9. The maximum atomic E-state index is 14.1. The number of anilines is 1. The van der Waals surface area contributed by atoms with E-state index in [1.807, 2.05) is 27.7 Å². The molecule has 342 valence electrons. The van der Waals surface area contributed by atoms with Gasteiger partial charge >= 0.3 is 0 Å². The van der Waals surface area contributed by atoms with Gasteiger partial charge in [0.2, 0.25) is 41.4 Å². The summed E-state index contributed by atoms with van der Waals surface area (Å²) >= 11 is 0. The number of nitrogens with zero attached hydrogens (tertiary/aromatic N) is 1. The van der Waals surface area contributed by atoms with E-state index in [0.29, 0.717) is 59.1 Å². The van der Waals surface area contributed by atoms with Crippen LogP contribution < -0.4 is 42.9 Å². The lowest BCUT2D eigenvalue weighted by Crippen LogP contribution is -2.57. The summed E-state index contributed by atoms with van der Waals surface area (Å²) in [5.41, 5.74) is 7.40. The number of likely N-dealkylation sites (tertiary alicyclic amines) is 1. The van der Waals surface area contributed by atoms with E-state index >= 15 is 0 Å². The number of hydrogen-bond donors (Lipinski definition) is 8. The van der Waals surface area contributed by atoms with Crippen LogP contribution in [0.15, 0.2) is 42.5 Å². The molecule has 0 radical (unpaired) electrons. The summed E-state index contributed by atoms with van der Waals surface area (Å²) in [7, 11) is 0. The SMILES string of the molecule is [2H]N(C(=O)CNC(=O)[C@H](CC(C)C)NC(=O)[C@H](C)NC(=O)[C@H](C)NC(=O)[C@@H](C)N)[C@@H](CC(C)C)C(=O)N1CCC[C@H]1C(=O)NCCCNc1cccc2c1C(=O)c1ccccc1C2=O. The third kappa shape index (κ3) is 13.4. The zero-order valence-corrected chi connectivity index (χ0v) is 37.2. The Kier molecular flexibility index (Phi) is 17.3. The van der Waals surface area contributed by atoms with Crippen molar-refractivity contribution < 1.29 is 44.6 Å². The van der Waals surface area contributed by atoms with Crippen molar-refractivity contribution in [3.63, 3.8) is 0 Å². The van der Waals surface area contributed by atoms with Crippen LogP contribution in [0.4, 0.5) is 5.69 Å². The lowest BCUT2D eigenvalue weighted by atomic mass is 9.83. The second-order valence-electron chi connectivity index (χ2n) is 17.0. The van der Waals surface area contributed by atoms with Crippen molar-refractivity contribution in [2.75, 3.05) is 31.5 Å². The highest BCUT2D eigenvalue weighted by Gasteiger charge is 2.38. The number of nitrogens with two attached hydrogens (primary N) is 1. The highest BCUT2D eigenvalue weighted by molar-refractivity contribution is 6.30. The van der Waals surface area contributed by atoms with Crippen LogP contribution in [-0.4, -0.2) is 120 Å². The Balaban J connectivity index is 1.30. The first kappa shape index (κ1) is 47.9. The van der Waals surface area contributed by atoms with Crippen molar-refractivity contribution in [2.24, 2.45) is 17.6 Å². The molecule has 2 aliphatic rings. The number of benzene rings is 2. The molecule has 9 N–H and O–H groups in total. The molecule has 2 aromatic rings. The van der Waals surface area contributed by atoms with Crippen molar-refractivity contribution >= 4 is 58.6 Å². The van der Waals surface area contributed by atoms with E-state index in [4.69, 9.17) is 7.15 Å². The van der Waals surface area contributed by atoms with Gasteiger partial charge in [-0.3, -0.25) is 43.2 Å². The fourth-order valence-electron chi connectivity index (χ4n) is 7.40. The number of carbonyl (C=O) groups excluding carboxylic acids is 9. The fraction of sp³-hybridized carbons (Fsp3) is 0.533. The molecule has 18 heteroatoms. The Bertz CT molecular complexity index is 2090. The van der Waals surface area contributed by atoms with Crippen LogP contribution >= 0.6 is 0 Å². The van der Waals surface area contributed by atoms with Gasteiger partial charge in [0.25, 0.3) is 0 Å². The predicted octanol–water partition coefficient (Wildman–Crippen LogP) is 0.906. The minimum absolute atomic E-state index is 0.0769. The molecular weight excluding hydrogens is 811 g/mol. The van der Waals surface area contributed by atoms with Gasteiger partial charge in [0.05, 0.1) is 18.2 Å². The molecule has 1 saturated heterocycles. The van der Waals surface area contributed by atoms with E-state index in [2.05, 4.69) is 31.9 Å². The summed E-state index contributed by atoms with van der Waals surface area (Å²) in [6.07, 6.45) is 1.66. The van der Waals surface area contributed by atoms with Crippen LogP contribution in [0.25, 0.3) is 0 Å². The molecule has 1 fully saturated rings. The van der Waals surface area contributed by atoms with Gasteiger partial charge in [-0.05, 0) is 70.8 Å². The van der Waals surface area contributed by atoms with Crippen LogP contribution in [-0.2, 0) is 33.6 Å². The Labute approximate surface area is 369 Å². The number of fused-ring (bicyclic) bond motifs is 2. The molecule has 2 aromatic carbocycles. The molecule has 1 aliphatic carbocycles. The monoisotopic (exact) mass is 874 g/mol. The van der Waals surface area contributed by atoms with E-state index in [-0.39, 0.29) is 55.2 Å². The topological polar surface area (TPSA) is 267 Å². The van der Waals surface area contributed by atoms with Gasteiger partial charge in [0.15, 0.2) is 13.0 Å². The zero-order valence-electron chi connectivity index (χ0n) is 38.2. The van der Waals surface area contributed by atoms with Crippen molar-refractivity contribution in [1.29, 1.82) is 0 Å². The van der Waals surface area contributed by atoms with E-state index in [9.17, 15) is 43.2 Å². The largest absolute Gasteiger partial charge is 0.384 e. The minimum atomic E-state index is -1.25. The van der Waals surface area contributed by atoms with Gasteiger partial charge in [-0.2, -0.15) is 0 Å². The molecule has 0 aromatic heterocycles. The molecule has 1 aliphatic heterocycles. The maximum Gasteiger partial charge on any atom is 0.245 e. The molecule has 0 bridgehead atoms. The van der Waals surface area contributed by atoms with Gasteiger partial charge < -0.3 is 47.8 Å². The molecule has 0 spiro atoms. The average Bonchev–Trinajstić information content (AvgIpc) is 3.75. The normalized spacial score (nSPS) is 17.0. The van der Waals surface area contributed by atoms with Crippen LogP contribution in [0, 0.1) is 11.8 Å². The molecule has 7 amide bonds. The van der Waals surface area contributed by atoms with E-state index in [1.54, 1.807) is 42.5 Å². The Morgan fingerprint density at radius 2 is 1.30 bits per heavy atom. The van der Waals surface area contributed by atoms with Gasteiger partial charge in [-0.15, -0.1) is 0 Å². The Hall–Kier alpha value is -6.17. The highest BCUT2D eigenvalue weighted by Crippen LogP contribution is 2.32. The predicted molar refractivity (Wildman–Crippen MR) is 235 cm³/mol. The molecule has 18 nitrogen and oxygen atoms in total. The van der Waals surface area contributed by atoms with E-state index < -0.39 is 78.2 Å². The Morgan fingerprint density at radius 3 is 1.94 bits per heavy atom. The van der Waals surface area contributed by atoms with Gasteiger partial charge in [0, 0.05) is 42.0 Å². The Morgan fingerprint density at radius 1 is 0.714 bits per heavy atom. The van der Waals surface area contributed by atoms with Crippen LogP contribution in [0.1, 0.15) is 112 Å². The third-order valence-corrected chi connectivity index (χ3v) is 10.7. The third-order valence-electron chi connectivity index (χ3n) is 10.7. The van der Waals surface area contributed by atoms with E-state index in [1.165, 1.54) is 25.7 Å². The second kappa shape index (κ2) is 22.8. The van der Waals surface area contributed by atoms with Crippen LogP contribution in [0.3, 0.4) is 0 Å². The van der Waals surface area contributed by atoms with Crippen molar-refractivity contribution in [2.45, 2.75) is 117 Å². The van der Waals surface area contributed by atoms with Crippen LogP contribution in [0.2, 0.25) is 1.41 Å². The van der Waals surface area contributed by atoms with Crippen molar-refractivity contribution in [1.82, 2.24) is 36.8 Å². The smallest absolute Gasteiger partial charge is 0.245 e. The maximum absolute atomic E-state index is 14.1. The highest BCUT2D eigenvalue weighted by atomic mass is 16.2. The summed E-state index contributed by atoms with van der Waals surface area (Å²) in [5.74, 6) is -5.09. The zero-order chi connectivity index (χ0) is 47.4. The summed E-state index contributed by atoms with van der Waals surface area (Å²) in [6.45, 7) is 11.8. The van der Waals surface area contributed by atoms with Gasteiger partial charge in [-0.1, -0.05) is 64.1 Å². The first-order chi connectivity index (χ1) is 30.2. The van der Waals surface area contributed by atoms with Gasteiger partial charge in [0.1, 0.15) is 30.2 Å². The number of rotatable bonds is 21. The quantitative estimate of drug-likeness (QED) is 0.0698. The standard InChI is InChI=1S/C45H63N9O9/c1-24(2)21-33(53-42(60)28(7)51-41(59)27(6)50-40(58)26(5)46)43(61)49-23-36(55)52-34(22-25(3)4)45(63)54-20-11-17-35(54)44(62)48-19-12-18-47-32-16-10-15-31-37(32)39(57)30-14-9-8-13-29(30)38(31)56/h8-10,13-16,24-28,33-35,47H,11-12,17-23,46H2,1-7H3,(H,48,62)(H,49,61)(H,50,58)(H,51,59)(H,52,55)(H,53,60)/t26-,27+,28+,33+,34+,35+/m1/s1/i/hD. The second-order valence-corrected chi connectivity index (χ2v) is 17.0. The molecule has 4 rings (SSSR count). The molecule has 0 unspecified atom stereocenters. The van der Waals surface area contributed by atoms with Crippen LogP contribution in [0.5, 0.6) is 0 Å². The molecule has 6 atom stereocenters. The lowest BCUT2D eigenvalue weighted by molar-refractivity contribution is -0.141. The number of amides is 7. The molecule has 1 heterocycles. The molecule has 0 saturated carbocycles. The minimum Gasteiger partial charge on any atom is -0.384 e. The van der Waals surface area contributed by atoms with Gasteiger partial charge in [-0.25, -0.2) is 0 Å². The summed E-state index contributed by atoms with van der Waals surface area (Å²) < 4.78 is 8.74. The lowest BCUT2D eigenvalue weighted by Gasteiger charge is -2.29. The number of hydrogen-bond acceptors (Lipinski definition) is 11. The summed E-state index contributed by atoms with van der Waals surface area (Å²) in [5, 5.41) is 16.6. The number of ketones is 2.